The highest BCUT2D eigenvalue weighted by Crippen LogP contribution is 2.37. The Hall–Kier alpha value is -4.57. The molecule has 0 aliphatic carbocycles. The summed E-state index contributed by atoms with van der Waals surface area (Å²) in [4.78, 5) is 33.8. The molecule has 1 N–H and O–H groups in total. The van der Waals surface area contributed by atoms with Crippen molar-refractivity contribution in [2.24, 2.45) is 5.92 Å². The minimum Gasteiger partial charge on any atom is -0.391 e. The second kappa shape index (κ2) is 13.9. The molecule has 7 rings (SSSR count). The van der Waals surface area contributed by atoms with E-state index in [1.165, 1.54) is 23.5 Å². The van der Waals surface area contributed by atoms with Crippen LogP contribution in [-0.2, 0) is 11.2 Å². The molecule has 2 aliphatic heterocycles. The molecule has 2 fully saturated rings. The number of hydrogen-bond donors (Lipinski definition) is 1. The van der Waals surface area contributed by atoms with Crippen LogP contribution in [0.15, 0.2) is 60.9 Å². The van der Waals surface area contributed by atoms with Crippen LogP contribution in [0, 0.1) is 23.1 Å². The van der Waals surface area contributed by atoms with E-state index in [1.54, 1.807) is 12.1 Å². The predicted octanol–water partition coefficient (Wildman–Crippen LogP) is 6.09. The van der Waals surface area contributed by atoms with Gasteiger partial charge in [0.25, 0.3) is 0 Å². The third-order valence-corrected chi connectivity index (χ3v) is 10.2. The Morgan fingerprint density at radius 2 is 1.77 bits per heavy atom. The van der Waals surface area contributed by atoms with Crippen molar-refractivity contribution in [3.05, 3.63) is 77.3 Å². The molecular formula is C35H36ClFN8O2S. The molecule has 5 aromatic rings. The average Bonchev–Trinajstić information content (AvgIpc) is 3.84. The Balaban J connectivity index is 0.00000401. The molecular weight excluding hydrogens is 651 g/mol. The lowest BCUT2D eigenvalue weighted by Gasteiger charge is -2.33. The fourth-order valence-electron chi connectivity index (χ4n) is 6.57. The van der Waals surface area contributed by atoms with Gasteiger partial charge in [0.2, 0.25) is 5.91 Å². The number of pyridine rings is 2. The number of imidazole rings is 1. The summed E-state index contributed by atoms with van der Waals surface area (Å²) in [5.74, 6) is 1.58. The number of nitrogens with zero attached hydrogens (tertiary/aromatic N) is 8. The maximum atomic E-state index is 13.6. The molecule has 1 atom stereocenters. The van der Waals surface area contributed by atoms with E-state index in [-0.39, 0.29) is 30.0 Å². The lowest BCUT2D eigenvalue weighted by molar-refractivity contribution is -0.135. The van der Waals surface area contributed by atoms with E-state index in [4.69, 9.17) is 15.0 Å². The molecule has 248 valence electrons. The van der Waals surface area contributed by atoms with Crippen molar-refractivity contribution >= 4 is 52.1 Å². The lowest BCUT2D eigenvalue weighted by Crippen LogP contribution is -2.42. The zero-order valence-corrected chi connectivity index (χ0v) is 28.3. The van der Waals surface area contributed by atoms with Gasteiger partial charge in [-0.15, -0.1) is 12.4 Å². The summed E-state index contributed by atoms with van der Waals surface area (Å²) in [5.41, 5.74) is 4.86. The third-order valence-electron chi connectivity index (χ3n) is 9.16. The van der Waals surface area contributed by atoms with Crippen molar-refractivity contribution in [1.29, 1.82) is 5.26 Å². The van der Waals surface area contributed by atoms with Gasteiger partial charge in [-0.3, -0.25) is 9.20 Å². The summed E-state index contributed by atoms with van der Waals surface area (Å²) < 4.78 is 15.6. The Bertz CT molecular complexity index is 1970. The fourth-order valence-corrected chi connectivity index (χ4v) is 7.41. The third kappa shape index (κ3) is 6.33. The van der Waals surface area contributed by atoms with Gasteiger partial charge >= 0.3 is 0 Å². The molecule has 0 saturated carbocycles. The number of carbonyl (C=O) groups is 1. The number of piperidine rings is 1. The number of thiazole rings is 1. The van der Waals surface area contributed by atoms with Gasteiger partial charge in [-0.05, 0) is 74.2 Å². The van der Waals surface area contributed by atoms with Gasteiger partial charge in [0.15, 0.2) is 5.13 Å². The quantitative estimate of drug-likeness (QED) is 0.219. The maximum absolute atomic E-state index is 13.6. The van der Waals surface area contributed by atoms with Crippen LogP contribution in [0.4, 0.5) is 21.2 Å². The maximum Gasteiger partial charge on any atom is 0.225 e. The van der Waals surface area contributed by atoms with E-state index < -0.39 is 6.10 Å². The summed E-state index contributed by atoms with van der Waals surface area (Å²) in [6, 6.07) is 16.4. The first kappa shape index (κ1) is 33.3. The average molecular weight is 687 g/mol. The highest BCUT2D eigenvalue weighted by atomic mass is 35.5. The van der Waals surface area contributed by atoms with Gasteiger partial charge in [-0.2, -0.15) is 5.26 Å². The first-order valence-corrected chi connectivity index (χ1v) is 16.7. The van der Waals surface area contributed by atoms with E-state index in [9.17, 15) is 19.6 Å². The van der Waals surface area contributed by atoms with Crippen LogP contribution in [0.1, 0.15) is 36.8 Å². The summed E-state index contributed by atoms with van der Waals surface area (Å²) in [5, 5.41) is 20.3. The monoisotopic (exact) mass is 686 g/mol. The smallest absolute Gasteiger partial charge is 0.225 e. The number of hydrogen-bond acceptors (Lipinski definition) is 9. The zero-order valence-electron chi connectivity index (χ0n) is 26.7. The van der Waals surface area contributed by atoms with Crippen LogP contribution in [0.2, 0.25) is 0 Å². The van der Waals surface area contributed by atoms with E-state index in [2.05, 4.69) is 30.2 Å². The number of β-amino-alcohol motifs (C(OH)–C–C–N with tert-alkyl or cyclic N) is 1. The molecule has 1 aromatic carbocycles. The first-order chi connectivity index (χ1) is 22.8. The van der Waals surface area contributed by atoms with Gasteiger partial charge in [0.05, 0.1) is 11.8 Å². The predicted molar refractivity (Wildman–Crippen MR) is 187 cm³/mol. The number of rotatable bonds is 7. The van der Waals surface area contributed by atoms with Crippen LogP contribution in [-0.4, -0.2) is 74.6 Å². The van der Waals surface area contributed by atoms with Crippen molar-refractivity contribution in [2.75, 3.05) is 43.0 Å². The zero-order chi connectivity index (χ0) is 32.7. The number of likely N-dealkylation sites (tertiary alicyclic amines) is 1. The Morgan fingerprint density at radius 1 is 1.04 bits per heavy atom. The van der Waals surface area contributed by atoms with Crippen molar-refractivity contribution in [2.45, 2.75) is 38.7 Å². The molecule has 0 bridgehead atoms. The molecule has 1 amide bonds. The number of nitriles is 1. The number of aryl methyl sites for hydroxylation is 1. The largest absolute Gasteiger partial charge is 0.391 e. The molecule has 13 heteroatoms. The second-order valence-electron chi connectivity index (χ2n) is 12.1. The van der Waals surface area contributed by atoms with Crippen LogP contribution < -0.4 is 9.80 Å². The number of benzene rings is 1. The molecule has 6 heterocycles. The summed E-state index contributed by atoms with van der Waals surface area (Å²) >= 11 is 1.29. The number of aromatic nitrogens is 4. The molecule has 0 spiro atoms. The molecule has 0 radical (unpaired) electrons. The number of aliphatic hydroxyl groups excluding tert-OH is 1. The van der Waals surface area contributed by atoms with Crippen molar-refractivity contribution in [1.82, 2.24) is 24.3 Å². The number of fused-ring (bicyclic) bond motifs is 1. The lowest BCUT2D eigenvalue weighted by atomic mass is 9.95. The summed E-state index contributed by atoms with van der Waals surface area (Å²) in [7, 11) is 1.92. The van der Waals surface area contributed by atoms with Crippen LogP contribution >= 0.6 is 23.7 Å². The van der Waals surface area contributed by atoms with Gasteiger partial charge in [-0.1, -0.05) is 18.3 Å². The Morgan fingerprint density at radius 3 is 2.42 bits per heavy atom. The highest BCUT2D eigenvalue weighted by molar-refractivity contribution is 7.16. The van der Waals surface area contributed by atoms with E-state index in [0.29, 0.717) is 47.2 Å². The topological polar surface area (TPSA) is 114 Å². The minimum absolute atomic E-state index is 0. The van der Waals surface area contributed by atoms with E-state index in [1.807, 2.05) is 45.6 Å². The summed E-state index contributed by atoms with van der Waals surface area (Å²) in [6.45, 7) is 4.70. The minimum atomic E-state index is -0.393. The standard InChI is InChI=1S/C35H35FN8O2S.ClH/c1-3-28-33(41(2)35-40-32(29(18-37)47-35)22-4-8-26(36)9-5-22)44-20-25(7-11-31(44)39-28)24-6-10-30(38-19-24)42-15-12-23(13-16-42)34(46)43-17-14-27(45)21-43;/h4-11,19-20,23,27,45H,3,12-17,21H2,1-2H3;1H/t27-;/m1./s1. The number of aliphatic hydroxyl groups is 1. The molecule has 2 saturated heterocycles. The van der Waals surface area contributed by atoms with E-state index >= 15 is 0 Å². The SMILES string of the molecule is CCc1nc2ccc(-c3ccc(N4CCC(C(=O)N5CC[C@@H](O)C5)CC4)nc3)cn2c1N(C)c1nc(-c2ccc(F)cc2)c(C#N)s1.Cl. The first-order valence-electron chi connectivity index (χ1n) is 15.9. The van der Waals surface area contributed by atoms with Gasteiger partial charge in [0.1, 0.15) is 39.7 Å². The molecule has 10 nitrogen and oxygen atoms in total. The van der Waals surface area contributed by atoms with Crippen LogP contribution in [0.25, 0.3) is 28.0 Å². The Labute approximate surface area is 288 Å². The molecule has 0 unspecified atom stereocenters. The van der Waals surface area contributed by atoms with Gasteiger partial charge in [0, 0.05) is 68.2 Å². The highest BCUT2D eigenvalue weighted by Gasteiger charge is 2.32. The van der Waals surface area contributed by atoms with Gasteiger partial charge < -0.3 is 19.8 Å². The fraction of sp³-hybridized carbons (Fsp3) is 0.343. The summed E-state index contributed by atoms with van der Waals surface area (Å²) in [6.07, 6.45) is 6.48. The molecule has 2 aliphatic rings. The van der Waals surface area contributed by atoms with Crippen LogP contribution in [0.5, 0.6) is 0 Å². The molecule has 48 heavy (non-hydrogen) atoms. The van der Waals surface area contributed by atoms with Crippen LogP contribution in [0.3, 0.4) is 0 Å². The number of amides is 1. The van der Waals surface area contributed by atoms with Crippen molar-refractivity contribution in [3.63, 3.8) is 0 Å². The van der Waals surface area contributed by atoms with Crippen molar-refractivity contribution < 1.29 is 14.3 Å². The van der Waals surface area contributed by atoms with Crippen molar-refractivity contribution in [3.8, 4) is 28.5 Å². The van der Waals surface area contributed by atoms with E-state index in [0.717, 1.165) is 60.0 Å². The Kier molecular flexibility index (Phi) is 9.64. The second-order valence-corrected chi connectivity index (χ2v) is 13.1. The molecule has 4 aromatic heterocycles. The number of anilines is 3. The van der Waals surface area contributed by atoms with Gasteiger partial charge in [-0.25, -0.2) is 19.3 Å². The normalized spacial score (nSPS) is 16.6. The number of halogens is 2. The number of carbonyl (C=O) groups excluding carboxylic acids is 1.